The molecule has 2 aromatic rings. The fourth-order valence-electron chi connectivity index (χ4n) is 2.00. The summed E-state index contributed by atoms with van der Waals surface area (Å²) in [6, 6.07) is 0. The number of aryl methyl sites for hydroxylation is 1. The number of halogens is 1. The Bertz CT molecular complexity index is 608. The normalized spacial score (nSPS) is 14.9. The third-order valence-corrected chi connectivity index (χ3v) is 4.39. The predicted octanol–water partition coefficient (Wildman–Crippen LogP) is 2.71. The lowest BCUT2D eigenvalue weighted by atomic mass is 10.1. The molecule has 0 amide bonds. The Balaban J connectivity index is 2.05. The quantitative estimate of drug-likeness (QED) is 0.633. The van der Waals surface area contributed by atoms with E-state index in [4.69, 9.17) is 0 Å². The van der Waals surface area contributed by atoms with E-state index in [1.807, 2.05) is 18.0 Å². The van der Waals surface area contributed by atoms with Crippen molar-refractivity contribution in [2.24, 2.45) is 13.0 Å². The lowest BCUT2D eigenvalue weighted by Crippen LogP contribution is -2.01. The van der Waals surface area contributed by atoms with Crippen molar-refractivity contribution in [3.8, 4) is 11.4 Å². The average Bonchev–Trinajstić information content (AvgIpc) is 3.16. The van der Waals surface area contributed by atoms with Crippen molar-refractivity contribution < 1.29 is 0 Å². The second-order valence-corrected chi connectivity index (χ2v) is 6.34. The van der Waals surface area contributed by atoms with E-state index in [1.165, 1.54) is 24.6 Å². The maximum atomic E-state index is 4.55. The Morgan fingerprint density at radius 2 is 2.21 bits per heavy atom. The Morgan fingerprint density at radius 3 is 2.89 bits per heavy atom. The van der Waals surface area contributed by atoms with E-state index in [0.717, 1.165) is 39.0 Å². The summed E-state index contributed by atoms with van der Waals surface area (Å²) in [5.41, 5.74) is 2.87. The van der Waals surface area contributed by atoms with Gasteiger partial charge in [-0.3, -0.25) is 4.68 Å². The Labute approximate surface area is 124 Å². The van der Waals surface area contributed by atoms with E-state index in [0.29, 0.717) is 0 Å². The highest BCUT2D eigenvalue weighted by molar-refractivity contribution is 9.10. The van der Waals surface area contributed by atoms with Crippen LogP contribution < -0.4 is 0 Å². The summed E-state index contributed by atoms with van der Waals surface area (Å²) in [6.07, 6.45) is 7.40. The van der Waals surface area contributed by atoms with Gasteiger partial charge in [0.05, 0.1) is 10.2 Å². The van der Waals surface area contributed by atoms with E-state index in [-0.39, 0.29) is 0 Å². The minimum atomic E-state index is 0.751. The number of rotatable bonds is 4. The van der Waals surface area contributed by atoms with Gasteiger partial charge in [-0.15, -0.1) is 5.10 Å². The van der Waals surface area contributed by atoms with Crippen LogP contribution in [0.2, 0.25) is 0 Å². The molecule has 3 rings (SSSR count). The summed E-state index contributed by atoms with van der Waals surface area (Å²) in [5.74, 6) is 0.789. The van der Waals surface area contributed by atoms with Crippen molar-refractivity contribution in [1.29, 1.82) is 0 Å². The molecular weight excluding hydrogens is 326 g/mol. The summed E-state index contributed by atoms with van der Waals surface area (Å²) >= 11 is 5.04. The zero-order valence-electron chi connectivity index (χ0n) is 10.8. The molecule has 0 aromatic carbocycles. The van der Waals surface area contributed by atoms with Crippen molar-refractivity contribution >= 4 is 27.7 Å². The summed E-state index contributed by atoms with van der Waals surface area (Å²) in [5, 5.41) is 9.19. The molecule has 0 unspecified atom stereocenters. The maximum absolute atomic E-state index is 4.55. The van der Waals surface area contributed by atoms with Crippen LogP contribution >= 0.6 is 27.7 Å². The van der Waals surface area contributed by atoms with Crippen molar-refractivity contribution in [3.63, 3.8) is 0 Å². The van der Waals surface area contributed by atoms with Crippen LogP contribution in [0.1, 0.15) is 18.5 Å². The molecule has 0 N–H and O–H groups in total. The first-order chi connectivity index (χ1) is 9.19. The third kappa shape index (κ3) is 2.67. The zero-order chi connectivity index (χ0) is 13.4. The molecule has 7 heteroatoms. The number of hydrogen-bond acceptors (Lipinski definition) is 5. The lowest BCUT2D eigenvalue weighted by molar-refractivity contribution is 0.655. The third-order valence-electron chi connectivity index (χ3n) is 3.25. The van der Waals surface area contributed by atoms with E-state index in [2.05, 4.69) is 36.2 Å². The Kier molecular flexibility index (Phi) is 3.58. The molecule has 100 valence electrons. The van der Waals surface area contributed by atoms with Gasteiger partial charge in [0.15, 0.2) is 5.16 Å². The Hall–Kier alpha value is -0.950. The second-order valence-electron chi connectivity index (χ2n) is 4.71. The average molecular weight is 340 g/mol. The second kappa shape index (κ2) is 5.20. The minimum absolute atomic E-state index is 0.751. The van der Waals surface area contributed by atoms with E-state index in [9.17, 15) is 0 Å². The maximum Gasteiger partial charge on any atom is 0.187 e. The molecule has 2 aromatic heterocycles. The first-order valence-corrected chi connectivity index (χ1v) is 8.16. The summed E-state index contributed by atoms with van der Waals surface area (Å²) in [7, 11) is 1.94. The van der Waals surface area contributed by atoms with Crippen LogP contribution in [0.4, 0.5) is 0 Å². The number of nitrogens with zero attached hydrogens (tertiary/aromatic N) is 5. The molecule has 0 saturated heterocycles. The van der Waals surface area contributed by atoms with Gasteiger partial charge in [-0.25, -0.2) is 9.97 Å². The predicted molar refractivity (Wildman–Crippen MR) is 77.9 cm³/mol. The number of hydrogen-bond donors (Lipinski definition) is 0. The molecule has 19 heavy (non-hydrogen) atoms. The van der Waals surface area contributed by atoms with Gasteiger partial charge >= 0.3 is 0 Å². The summed E-state index contributed by atoms with van der Waals surface area (Å²) in [4.78, 5) is 8.79. The molecule has 1 aliphatic rings. The van der Waals surface area contributed by atoms with Crippen LogP contribution in [-0.2, 0) is 13.5 Å². The van der Waals surface area contributed by atoms with Gasteiger partial charge in [0.2, 0.25) is 0 Å². The lowest BCUT2D eigenvalue weighted by Gasteiger charge is -2.05. The standard InChI is InChI=1S/C12H14BrN5S/c1-18-9(5-7-3-4-7)11(16-17-18)10-8(13)6-14-12(15-10)19-2/h6-7H,3-5H2,1-2H3. The van der Waals surface area contributed by atoms with E-state index in [1.54, 1.807) is 6.20 Å². The molecule has 2 heterocycles. The molecule has 0 aliphatic heterocycles. The van der Waals surface area contributed by atoms with Crippen LogP contribution in [0.25, 0.3) is 11.4 Å². The van der Waals surface area contributed by atoms with Gasteiger partial charge in [-0.05, 0) is 47.4 Å². The number of aromatic nitrogens is 5. The zero-order valence-corrected chi connectivity index (χ0v) is 13.2. The van der Waals surface area contributed by atoms with Gasteiger partial charge < -0.3 is 0 Å². The van der Waals surface area contributed by atoms with Crippen LogP contribution in [0.5, 0.6) is 0 Å². The summed E-state index contributed by atoms with van der Waals surface area (Å²) < 4.78 is 2.73. The van der Waals surface area contributed by atoms with Crippen LogP contribution in [0.15, 0.2) is 15.8 Å². The highest BCUT2D eigenvalue weighted by atomic mass is 79.9. The SMILES string of the molecule is CSc1ncc(Br)c(-c2nnn(C)c2CC2CC2)n1. The van der Waals surface area contributed by atoms with Crippen molar-refractivity contribution in [1.82, 2.24) is 25.0 Å². The topological polar surface area (TPSA) is 56.5 Å². The van der Waals surface area contributed by atoms with Crippen molar-refractivity contribution in [2.75, 3.05) is 6.26 Å². The van der Waals surface area contributed by atoms with Gasteiger partial charge in [-0.2, -0.15) is 0 Å². The molecule has 1 fully saturated rings. The van der Waals surface area contributed by atoms with E-state index >= 15 is 0 Å². The van der Waals surface area contributed by atoms with Gasteiger partial charge in [0.25, 0.3) is 0 Å². The summed E-state index contributed by atoms with van der Waals surface area (Å²) in [6.45, 7) is 0. The minimum Gasteiger partial charge on any atom is -0.252 e. The van der Waals surface area contributed by atoms with Gasteiger partial charge in [-0.1, -0.05) is 17.0 Å². The first kappa shape index (κ1) is 13.1. The smallest absolute Gasteiger partial charge is 0.187 e. The highest BCUT2D eigenvalue weighted by Gasteiger charge is 2.26. The van der Waals surface area contributed by atoms with Crippen LogP contribution in [-0.4, -0.2) is 31.2 Å². The highest BCUT2D eigenvalue weighted by Crippen LogP contribution is 2.36. The molecule has 0 bridgehead atoms. The van der Waals surface area contributed by atoms with Gasteiger partial charge in [0.1, 0.15) is 11.4 Å². The molecule has 0 radical (unpaired) electrons. The monoisotopic (exact) mass is 339 g/mol. The first-order valence-electron chi connectivity index (χ1n) is 6.14. The molecule has 1 saturated carbocycles. The molecule has 0 atom stereocenters. The van der Waals surface area contributed by atoms with Crippen LogP contribution in [0, 0.1) is 5.92 Å². The fourth-order valence-corrected chi connectivity index (χ4v) is 2.72. The van der Waals surface area contributed by atoms with Crippen molar-refractivity contribution in [3.05, 3.63) is 16.4 Å². The molecule has 0 spiro atoms. The largest absolute Gasteiger partial charge is 0.252 e. The van der Waals surface area contributed by atoms with Crippen LogP contribution in [0.3, 0.4) is 0 Å². The molecular formula is C12H14BrN5S. The van der Waals surface area contributed by atoms with E-state index < -0.39 is 0 Å². The van der Waals surface area contributed by atoms with Crippen molar-refractivity contribution in [2.45, 2.75) is 24.4 Å². The molecule has 5 nitrogen and oxygen atoms in total. The Morgan fingerprint density at radius 1 is 1.42 bits per heavy atom. The fraction of sp³-hybridized carbons (Fsp3) is 0.500. The number of thioether (sulfide) groups is 1. The van der Waals surface area contributed by atoms with Gasteiger partial charge in [0, 0.05) is 13.2 Å². The molecule has 1 aliphatic carbocycles.